The van der Waals surface area contributed by atoms with Crippen LogP contribution in [0.25, 0.3) is 0 Å². The number of nitrogens with one attached hydrogen (secondary N) is 2. The largest absolute Gasteiger partial charge is 2.00 e. The predicted molar refractivity (Wildman–Crippen MR) is 45.2 cm³/mol. The SMILES string of the molecule is NC(=O)NCC(=O)[O-].NC(=O)NCC(=O)[O-].[Fe+2]. The van der Waals surface area contributed by atoms with Gasteiger partial charge in [0, 0.05) is 0 Å². The van der Waals surface area contributed by atoms with Crippen LogP contribution in [-0.2, 0) is 26.7 Å². The first-order chi connectivity index (χ1) is 7.25. The van der Waals surface area contributed by atoms with E-state index in [4.69, 9.17) is 0 Å². The smallest absolute Gasteiger partial charge is 0.548 e. The summed E-state index contributed by atoms with van der Waals surface area (Å²) < 4.78 is 0. The normalized spacial score (nSPS) is 7.53. The van der Waals surface area contributed by atoms with E-state index in [1.54, 1.807) is 0 Å². The fourth-order valence-corrected chi connectivity index (χ4v) is 0.319. The van der Waals surface area contributed by atoms with Crippen LogP contribution in [0.2, 0.25) is 0 Å². The Balaban J connectivity index is -0.000000218. The van der Waals surface area contributed by atoms with Gasteiger partial charge in [-0.05, 0) is 0 Å². The Morgan fingerprint density at radius 3 is 1.12 bits per heavy atom. The minimum absolute atomic E-state index is 0. The molecule has 0 radical (unpaired) electrons. The number of nitrogens with two attached hydrogens (primary N) is 2. The fourth-order valence-electron chi connectivity index (χ4n) is 0.319. The Labute approximate surface area is 106 Å². The average molecular weight is 290 g/mol. The van der Waals surface area contributed by atoms with Crippen LogP contribution in [0.3, 0.4) is 0 Å². The first-order valence-electron chi connectivity index (χ1n) is 3.72. The van der Waals surface area contributed by atoms with Crippen LogP contribution in [0.1, 0.15) is 0 Å². The number of rotatable bonds is 4. The Hall–Kier alpha value is -2.00. The van der Waals surface area contributed by atoms with E-state index in [1.165, 1.54) is 0 Å². The average Bonchev–Trinajstić information content (AvgIpc) is 2.12. The minimum atomic E-state index is -1.36. The summed E-state index contributed by atoms with van der Waals surface area (Å²) >= 11 is 0. The topological polar surface area (TPSA) is 190 Å². The molecule has 0 saturated heterocycles. The Morgan fingerprint density at radius 2 is 1.06 bits per heavy atom. The molecular formula is C6H10FeN4O6. The van der Waals surface area contributed by atoms with E-state index in [9.17, 15) is 29.4 Å². The number of carboxylic acid groups (broad SMARTS) is 2. The molecule has 0 aliphatic rings. The van der Waals surface area contributed by atoms with E-state index in [0.717, 1.165) is 0 Å². The van der Waals surface area contributed by atoms with Crippen LogP contribution >= 0.6 is 0 Å². The van der Waals surface area contributed by atoms with Crippen molar-refractivity contribution < 1.29 is 46.5 Å². The van der Waals surface area contributed by atoms with Crippen LogP contribution in [0.4, 0.5) is 9.59 Å². The van der Waals surface area contributed by atoms with Crippen molar-refractivity contribution in [1.29, 1.82) is 0 Å². The number of hydrogen-bond donors (Lipinski definition) is 4. The van der Waals surface area contributed by atoms with Gasteiger partial charge in [-0.3, -0.25) is 0 Å². The van der Waals surface area contributed by atoms with E-state index in [1.807, 2.05) is 10.6 Å². The molecule has 0 saturated carbocycles. The van der Waals surface area contributed by atoms with E-state index >= 15 is 0 Å². The van der Waals surface area contributed by atoms with Crippen LogP contribution < -0.4 is 32.3 Å². The number of hydrogen-bond acceptors (Lipinski definition) is 6. The van der Waals surface area contributed by atoms with Gasteiger partial charge in [-0.1, -0.05) is 0 Å². The zero-order chi connectivity index (χ0) is 13.1. The Kier molecular flexibility index (Phi) is 14.5. The second kappa shape index (κ2) is 12.1. The summed E-state index contributed by atoms with van der Waals surface area (Å²) in [5, 5.41) is 22.7. The fraction of sp³-hybridized carbons (Fsp3) is 0.333. The Bertz CT molecular complexity index is 228. The van der Waals surface area contributed by atoms with Gasteiger partial charge in [-0.2, -0.15) is 0 Å². The molecule has 11 heteroatoms. The summed E-state index contributed by atoms with van der Waals surface area (Å²) in [7, 11) is 0. The molecule has 0 aromatic rings. The van der Waals surface area contributed by atoms with Crippen molar-refractivity contribution in [3.8, 4) is 0 Å². The number of carboxylic acids is 2. The molecule has 0 spiro atoms. The second-order valence-electron chi connectivity index (χ2n) is 2.18. The molecule has 0 aliphatic heterocycles. The molecule has 0 aromatic carbocycles. The maximum absolute atomic E-state index is 9.72. The first kappa shape index (κ1) is 20.4. The van der Waals surface area contributed by atoms with Crippen LogP contribution in [-0.4, -0.2) is 37.1 Å². The molecule has 0 rings (SSSR count). The van der Waals surface area contributed by atoms with Gasteiger partial charge in [-0.25, -0.2) is 9.59 Å². The van der Waals surface area contributed by atoms with Gasteiger partial charge in [0.15, 0.2) is 0 Å². The molecule has 0 heterocycles. The number of carbonyl (C=O) groups is 4. The molecule has 17 heavy (non-hydrogen) atoms. The number of aliphatic carboxylic acids is 2. The van der Waals surface area contributed by atoms with Gasteiger partial charge >= 0.3 is 29.1 Å². The van der Waals surface area contributed by atoms with Crippen LogP contribution in [0, 0.1) is 0 Å². The van der Waals surface area contributed by atoms with Crippen molar-refractivity contribution in [2.45, 2.75) is 0 Å². The van der Waals surface area contributed by atoms with Crippen LogP contribution in [0.5, 0.6) is 0 Å². The quantitative estimate of drug-likeness (QED) is 0.374. The van der Waals surface area contributed by atoms with Gasteiger partial charge < -0.3 is 41.9 Å². The van der Waals surface area contributed by atoms with Gasteiger partial charge in [-0.15, -0.1) is 0 Å². The monoisotopic (exact) mass is 290 g/mol. The minimum Gasteiger partial charge on any atom is -0.548 e. The second-order valence-corrected chi connectivity index (χ2v) is 2.18. The van der Waals surface area contributed by atoms with E-state index < -0.39 is 37.1 Å². The molecule has 0 bridgehead atoms. The third-order valence-corrected chi connectivity index (χ3v) is 0.814. The molecule has 4 amide bonds. The Morgan fingerprint density at radius 1 is 0.824 bits per heavy atom. The van der Waals surface area contributed by atoms with Gasteiger partial charge in [0.05, 0.1) is 25.0 Å². The van der Waals surface area contributed by atoms with Crippen molar-refractivity contribution in [3.63, 3.8) is 0 Å². The predicted octanol–water partition coefficient (Wildman–Crippen LogP) is -5.19. The van der Waals surface area contributed by atoms with Gasteiger partial charge in [0.2, 0.25) is 0 Å². The zero-order valence-electron chi connectivity index (χ0n) is 8.37. The molecule has 0 unspecified atom stereocenters. The van der Waals surface area contributed by atoms with E-state index in [-0.39, 0.29) is 17.1 Å². The maximum atomic E-state index is 9.72. The molecule has 0 fully saturated rings. The third kappa shape index (κ3) is 31.5. The van der Waals surface area contributed by atoms with Gasteiger partial charge in [0.25, 0.3) is 0 Å². The summed E-state index contributed by atoms with van der Waals surface area (Å²) in [5.74, 6) is -2.72. The van der Waals surface area contributed by atoms with E-state index in [2.05, 4.69) is 11.5 Å². The molecule has 98 valence electrons. The summed E-state index contributed by atoms with van der Waals surface area (Å²) in [4.78, 5) is 38.5. The summed E-state index contributed by atoms with van der Waals surface area (Å²) in [6.07, 6.45) is 0. The molecule has 10 nitrogen and oxygen atoms in total. The standard InChI is InChI=1S/2C3H6N2O3.Fe/c2*4-3(8)5-1-2(6)7;/h2*1H2,(H,6,7)(H3,4,5,8);/q;;+2/p-2. The van der Waals surface area contributed by atoms with Crippen molar-refractivity contribution in [1.82, 2.24) is 10.6 Å². The van der Waals surface area contributed by atoms with Crippen molar-refractivity contribution in [2.75, 3.05) is 13.1 Å². The number of amides is 4. The summed E-state index contributed by atoms with van der Waals surface area (Å²) in [6, 6.07) is -1.73. The molecule has 6 N–H and O–H groups in total. The van der Waals surface area contributed by atoms with Crippen LogP contribution in [0.15, 0.2) is 0 Å². The molecule has 0 atom stereocenters. The zero-order valence-corrected chi connectivity index (χ0v) is 9.48. The van der Waals surface area contributed by atoms with Crippen molar-refractivity contribution in [2.24, 2.45) is 11.5 Å². The maximum Gasteiger partial charge on any atom is 2.00 e. The molecular weight excluding hydrogens is 280 g/mol. The number of primary amides is 2. The summed E-state index contributed by atoms with van der Waals surface area (Å²) in [6.45, 7) is -1.06. The van der Waals surface area contributed by atoms with Crippen molar-refractivity contribution in [3.05, 3.63) is 0 Å². The number of carbonyl (C=O) groups excluding carboxylic acids is 4. The first-order valence-corrected chi connectivity index (χ1v) is 3.72. The van der Waals surface area contributed by atoms with E-state index in [0.29, 0.717) is 0 Å². The molecule has 0 aromatic heterocycles. The number of urea groups is 2. The van der Waals surface area contributed by atoms with Gasteiger partial charge in [0.1, 0.15) is 0 Å². The third-order valence-electron chi connectivity index (χ3n) is 0.814. The molecule has 0 aliphatic carbocycles. The summed E-state index contributed by atoms with van der Waals surface area (Å²) in [5.41, 5.74) is 9.00. The van der Waals surface area contributed by atoms with Crippen molar-refractivity contribution >= 4 is 24.0 Å².